The Balaban J connectivity index is 1.89. The number of carboxylic acids is 1. The molecule has 0 radical (unpaired) electrons. The topological polar surface area (TPSA) is 66.6 Å². The second-order valence-corrected chi connectivity index (χ2v) is 5.05. The number of likely N-dealkylation sites (tertiary alicyclic amines) is 1. The Morgan fingerprint density at radius 2 is 2.13 bits per heavy atom. The van der Waals surface area contributed by atoms with Gasteiger partial charge in [-0.2, -0.15) is 0 Å². The fourth-order valence-electron chi connectivity index (χ4n) is 2.52. The van der Waals surface area contributed by atoms with Gasteiger partial charge >= 0.3 is 5.97 Å². The van der Waals surface area contributed by atoms with Gasteiger partial charge in [-0.15, -0.1) is 0 Å². The van der Waals surface area contributed by atoms with Crippen molar-refractivity contribution in [1.29, 1.82) is 0 Å². The average molecular weight is 212 g/mol. The monoisotopic (exact) mass is 212 g/mol. The van der Waals surface area contributed by atoms with Gasteiger partial charge in [-0.05, 0) is 38.6 Å². The van der Waals surface area contributed by atoms with Crippen LogP contribution in [0.1, 0.15) is 38.5 Å². The summed E-state index contributed by atoms with van der Waals surface area (Å²) in [4.78, 5) is 13.2. The van der Waals surface area contributed by atoms with E-state index in [1.54, 1.807) is 0 Å². The minimum absolute atomic E-state index is 0.117. The second kappa shape index (κ2) is 4.10. The fourth-order valence-corrected chi connectivity index (χ4v) is 2.52. The minimum atomic E-state index is -0.766. The van der Waals surface area contributed by atoms with Crippen molar-refractivity contribution in [2.75, 3.05) is 13.1 Å². The first-order valence-corrected chi connectivity index (χ1v) is 5.84. The fraction of sp³-hybridized carbons (Fsp3) is 0.909. The SMILES string of the molecule is NC1(CC(=O)O)CCCN(C2CC2)CC1. The zero-order valence-electron chi connectivity index (χ0n) is 9.11. The third-order valence-electron chi connectivity index (χ3n) is 3.58. The van der Waals surface area contributed by atoms with Crippen molar-refractivity contribution in [3.63, 3.8) is 0 Å². The molecule has 1 saturated carbocycles. The van der Waals surface area contributed by atoms with Crippen LogP contribution in [0.25, 0.3) is 0 Å². The molecule has 2 aliphatic rings. The summed E-state index contributed by atoms with van der Waals surface area (Å²) >= 11 is 0. The first kappa shape index (κ1) is 10.9. The van der Waals surface area contributed by atoms with E-state index in [-0.39, 0.29) is 6.42 Å². The molecule has 2 rings (SSSR count). The molecule has 0 bridgehead atoms. The van der Waals surface area contributed by atoms with E-state index < -0.39 is 11.5 Å². The highest BCUT2D eigenvalue weighted by molar-refractivity contribution is 5.68. The van der Waals surface area contributed by atoms with Gasteiger partial charge in [-0.1, -0.05) is 0 Å². The van der Waals surface area contributed by atoms with Crippen molar-refractivity contribution in [3.05, 3.63) is 0 Å². The van der Waals surface area contributed by atoms with Crippen molar-refractivity contribution < 1.29 is 9.90 Å². The molecule has 0 aromatic carbocycles. The van der Waals surface area contributed by atoms with Crippen LogP contribution in [0, 0.1) is 0 Å². The molecule has 3 N–H and O–H groups in total. The van der Waals surface area contributed by atoms with Crippen LogP contribution in [0.2, 0.25) is 0 Å². The van der Waals surface area contributed by atoms with Crippen LogP contribution in [0.4, 0.5) is 0 Å². The van der Waals surface area contributed by atoms with E-state index in [1.165, 1.54) is 12.8 Å². The molecule has 1 aliphatic heterocycles. The predicted molar refractivity (Wildman–Crippen MR) is 57.6 cm³/mol. The van der Waals surface area contributed by atoms with Gasteiger partial charge in [0.15, 0.2) is 0 Å². The number of carbonyl (C=O) groups is 1. The molecule has 1 aliphatic carbocycles. The molecule has 86 valence electrons. The molecule has 1 atom stereocenters. The third-order valence-corrected chi connectivity index (χ3v) is 3.58. The molecule has 4 heteroatoms. The van der Waals surface area contributed by atoms with Crippen LogP contribution in [-0.2, 0) is 4.79 Å². The Morgan fingerprint density at radius 1 is 1.40 bits per heavy atom. The number of hydrogen-bond donors (Lipinski definition) is 2. The molecule has 0 aromatic rings. The van der Waals surface area contributed by atoms with Gasteiger partial charge in [-0.25, -0.2) is 0 Å². The maximum atomic E-state index is 10.7. The lowest BCUT2D eigenvalue weighted by Crippen LogP contribution is -2.42. The lowest BCUT2D eigenvalue weighted by atomic mass is 9.88. The van der Waals surface area contributed by atoms with Crippen molar-refractivity contribution in [1.82, 2.24) is 4.90 Å². The van der Waals surface area contributed by atoms with E-state index >= 15 is 0 Å². The Kier molecular flexibility index (Phi) is 2.98. The first-order valence-electron chi connectivity index (χ1n) is 5.84. The standard InChI is InChI=1S/C11H20N2O2/c12-11(8-10(14)15)4-1-6-13(7-5-11)9-2-3-9/h9H,1-8,12H2,(H,14,15). The van der Waals surface area contributed by atoms with Crippen LogP contribution in [0.15, 0.2) is 0 Å². The summed E-state index contributed by atoms with van der Waals surface area (Å²) in [5.74, 6) is -0.766. The van der Waals surface area contributed by atoms with E-state index in [0.29, 0.717) is 0 Å². The second-order valence-electron chi connectivity index (χ2n) is 5.05. The highest BCUT2D eigenvalue weighted by Gasteiger charge is 2.35. The Morgan fingerprint density at radius 3 is 2.73 bits per heavy atom. The van der Waals surface area contributed by atoms with E-state index in [9.17, 15) is 4.79 Å². The summed E-state index contributed by atoms with van der Waals surface area (Å²) in [6, 6.07) is 0.775. The van der Waals surface area contributed by atoms with Gasteiger partial charge < -0.3 is 15.7 Å². The van der Waals surface area contributed by atoms with E-state index in [1.807, 2.05) is 0 Å². The zero-order valence-corrected chi connectivity index (χ0v) is 9.11. The predicted octanol–water partition coefficient (Wildman–Crippen LogP) is 0.807. The Labute approximate surface area is 90.4 Å². The molecular formula is C11H20N2O2. The third kappa shape index (κ3) is 2.92. The van der Waals surface area contributed by atoms with Crippen LogP contribution < -0.4 is 5.73 Å². The van der Waals surface area contributed by atoms with Crippen LogP contribution in [0.3, 0.4) is 0 Å². The summed E-state index contributed by atoms with van der Waals surface area (Å²) in [5.41, 5.74) is 5.67. The number of hydrogen-bond acceptors (Lipinski definition) is 3. The lowest BCUT2D eigenvalue weighted by molar-refractivity contribution is -0.138. The van der Waals surface area contributed by atoms with Crippen molar-refractivity contribution in [2.45, 2.75) is 50.1 Å². The molecule has 0 spiro atoms. The van der Waals surface area contributed by atoms with Crippen molar-refractivity contribution >= 4 is 5.97 Å². The van der Waals surface area contributed by atoms with Gasteiger partial charge in [0.1, 0.15) is 0 Å². The molecule has 15 heavy (non-hydrogen) atoms. The minimum Gasteiger partial charge on any atom is -0.481 e. The number of nitrogens with two attached hydrogens (primary N) is 1. The molecule has 4 nitrogen and oxygen atoms in total. The Hall–Kier alpha value is -0.610. The maximum absolute atomic E-state index is 10.7. The molecule has 2 fully saturated rings. The largest absolute Gasteiger partial charge is 0.481 e. The van der Waals surface area contributed by atoms with Crippen molar-refractivity contribution in [3.8, 4) is 0 Å². The van der Waals surface area contributed by atoms with Gasteiger partial charge in [0.25, 0.3) is 0 Å². The number of carboxylic acid groups (broad SMARTS) is 1. The van der Waals surface area contributed by atoms with Gasteiger partial charge in [0.2, 0.25) is 0 Å². The highest BCUT2D eigenvalue weighted by Crippen LogP contribution is 2.31. The highest BCUT2D eigenvalue weighted by atomic mass is 16.4. The lowest BCUT2D eigenvalue weighted by Gasteiger charge is -2.26. The number of nitrogens with zero attached hydrogens (tertiary/aromatic N) is 1. The number of rotatable bonds is 3. The van der Waals surface area contributed by atoms with Crippen LogP contribution >= 0.6 is 0 Å². The summed E-state index contributed by atoms with van der Waals surface area (Å²) in [6.07, 6.45) is 5.47. The normalized spacial score (nSPS) is 33.7. The summed E-state index contributed by atoms with van der Waals surface area (Å²) in [6.45, 7) is 2.08. The van der Waals surface area contributed by atoms with Gasteiger partial charge in [-0.3, -0.25) is 4.79 Å². The van der Waals surface area contributed by atoms with E-state index in [2.05, 4.69) is 4.90 Å². The van der Waals surface area contributed by atoms with E-state index in [0.717, 1.165) is 38.4 Å². The molecular weight excluding hydrogens is 192 g/mol. The summed E-state index contributed by atoms with van der Waals surface area (Å²) in [5, 5.41) is 8.82. The zero-order chi connectivity index (χ0) is 10.9. The van der Waals surface area contributed by atoms with Crippen LogP contribution in [-0.4, -0.2) is 40.6 Å². The summed E-state index contributed by atoms with van der Waals surface area (Å²) < 4.78 is 0. The first-order chi connectivity index (χ1) is 7.09. The van der Waals surface area contributed by atoms with Crippen molar-refractivity contribution in [2.24, 2.45) is 5.73 Å². The quantitative estimate of drug-likeness (QED) is 0.726. The maximum Gasteiger partial charge on any atom is 0.305 e. The van der Waals surface area contributed by atoms with Crippen LogP contribution in [0.5, 0.6) is 0 Å². The average Bonchev–Trinajstić information content (AvgIpc) is 2.90. The molecule has 1 heterocycles. The molecule has 1 saturated heterocycles. The Bertz CT molecular complexity index is 253. The van der Waals surface area contributed by atoms with Gasteiger partial charge in [0, 0.05) is 18.1 Å². The smallest absolute Gasteiger partial charge is 0.305 e. The molecule has 1 unspecified atom stereocenters. The molecule has 0 aromatic heterocycles. The summed E-state index contributed by atoms with van der Waals surface area (Å²) in [7, 11) is 0. The van der Waals surface area contributed by atoms with Gasteiger partial charge in [0.05, 0.1) is 6.42 Å². The number of aliphatic carboxylic acids is 1. The molecule has 0 amide bonds. The van der Waals surface area contributed by atoms with E-state index in [4.69, 9.17) is 10.8 Å².